The van der Waals surface area contributed by atoms with Gasteiger partial charge in [-0.1, -0.05) is 0 Å². The van der Waals surface area contributed by atoms with Crippen LogP contribution in [0, 0.1) is 21.4 Å². The average Bonchev–Trinajstić information content (AvgIpc) is 2.14. The van der Waals surface area contributed by atoms with Crippen molar-refractivity contribution in [2.24, 2.45) is 0 Å². The number of nitro groups is 1. The van der Waals surface area contributed by atoms with E-state index in [-0.39, 0.29) is 0 Å². The van der Waals surface area contributed by atoms with E-state index in [0.717, 1.165) is 0 Å². The SMILES string of the molecule is N#Cc1c(OC(F)(F)F)cncc1[N+](=O)[O-]. The molecule has 0 saturated heterocycles. The Balaban J connectivity index is 3.26. The highest BCUT2D eigenvalue weighted by molar-refractivity contribution is 5.54. The zero-order chi connectivity index (χ0) is 12.3. The van der Waals surface area contributed by atoms with Crippen LogP contribution in [0.25, 0.3) is 0 Å². The molecule has 0 aliphatic heterocycles. The fourth-order valence-electron chi connectivity index (χ4n) is 0.884. The highest BCUT2D eigenvalue weighted by atomic mass is 19.4. The van der Waals surface area contributed by atoms with Crippen LogP contribution in [0.15, 0.2) is 12.4 Å². The predicted octanol–water partition coefficient (Wildman–Crippen LogP) is 1.76. The fourth-order valence-corrected chi connectivity index (χ4v) is 0.884. The summed E-state index contributed by atoms with van der Waals surface area (Å²) >= 11 is 0. The maximum Gasteiger partial charge on any atom is 0.573 e. The number of alkyl halides is 3. The van der Waals surface area contributed by atoms with Crippen molar-refractivity contribution < 1.29 is 22.8 Å². The van der Waals surface area contributed by atoms with E-state index in [1.165, 1.54) is 6.07 Å². The Morgan fingerprint density at radius 1 is 1.50 bits per heavy atom. The van der Waals surface area contributed by atoms with Crippen molar-refractivity contribution in [3.8, 4) is 11.8 Å². The molecule has 0 N–H and O–H groups in total. The van der Waals surface area contributed by atoms with E-state index in [1.54, 1.807) is 0 Å². The molecular formula is C7H2F3N3O3. The summed E-state index contributed by atoms with van der Waals surface area (Å²) < 4.78 is 39.0. The van der Waals surface area contributed by atoms with Crippen LogP contribution < -0.4 is 4.74 Å². The molecule has 9 heteroatoms. The maximum absolute atomic E-state index is 11.9. The first-order valence-electron chi connectivity index (χ1n) is 3.63. The lowest BCUT2D eigenvalue weighted by atomic mass is 10.2. The number of nitriles is 1. The molecule has 1 rings (SSSR count). The Morgan fingerprint density at radius 2 is 2.12 bits per heavy atom. The molecule has 1 aromatic rings. The summed E-state index contributed by atoms with van der Waals surface area (Å²) in [5.41, 5.74) is -1.67. The van der Waals surface area contributed by atoms with Crippen molar-refractivity contribution in [3.63, 3.8) is 0 Å². The molecule has 0 saturated carbocycles. The maximum atomic E-state index is 11.9. The largest absolute Gasteiger partial charge is 0.573 e. The van der Waals surface area contributed by atoms with Gasteiger partial charge in [0, 0.05) is 0 Å². The van der Waals surface area contributed by atoms with Gasteiger partial charge < -0.3 is 4.74 Å². The highest BCUT2D eigenvalue weighted by Crippen LogP contribution is 2.30. The number of ether oxygens (including phenoxy) is 1. The van der Waals surface area contributed by atoms with Crippen LogP contribution in [0.1, 0.15) is 5.56 Å². The Bertz CT molecular complexity index is 466. The second-order valence-electron chi connectivity index (χ2n) is 2.45. The summed E-state index contributed by atoms with van der Waals surface area (Å²) in [5, 5.41) is 18.9. The molecule has 0 atom stereocenters. The Morgan fingerprint density at radius 3 is 2.56 bits per heavy atom. The Kier molecular flexibility index (Phi) is 2.94. The van der Waals surface area contributed by atoms with E-state index in [0.29, 0.717) is 12.4 Å². The zero-order valence-corrected chi connectivity index (χ0v) is 7.35. The first kappa shape index (κ1) is 11.7. The molecule has 0 bridgehead atoms. The van der Waals surface area contributed by atoms with Gasteiger partial charge in [0.2, 0.25) is 0 Å². The molecule has 1 heterocycles. The highest BCUT2D eigenvalue weighted by Gasteiger charge is 2.34. The minimum Gasteiger partial charge on any atom is -0.402 e. The third-order valence-electron chi connectivity index (χ3n) is 1.43. The topological polar surface area (TPSA) is 89.0 Å². The van der Waals surface area contributed by atoms with E-state index in [9.17, 15) is 23.3 Å². The molecule has 0 unspecified atom stereocenters. The smallest absolute Gasteiger partial charge is 0.402 e. The Labute approximate surface area is 86.0 Å². The molecule has 84 valence electrons. The van der Waals surface area contributed by atoms with Crippen LogP contribution in [-0.4, -0.2) is 16.3 Å². The van der Waals surface area contributed by atoms with Crippen LogP contribution in [0.2, 0.25) is 0 Å². The fraction of sp³-hybridized carbons (Fsp3) is 0.143. The molecule has 0 spiro atoms. The van der Waals surface area contributed by atoms with Gasteiger partial charge in [0.25, 0.3) is 0 Å². The number of hydrogen-bond acceptors (Lipinski definition) is 5. The van der Waals surface area contributed by atoms with E-state index in [2.05, 4.69) is 9.72 Å². The first-order valence-corrected chi connectivity index (χ1v) is 3.63. The summed E-state index contributed by atoms with van der Waals surface area (Å²) in [6.45, 7) is 0. The van der Waals surface area contributed by atoms with Gasteiger partial charge >= 0.3 is 12.0 Å². The monoisotopic (exact) mass is 233 g/mol. The van der Waals surface area contributed by atoms with Gasteiger partial charge in [0.1, 0.15) is 12.3 Å². The lowest BCUT2D eigenvalue weighted by molar-refractivity contribution is -0.385. The van der Waals surface area contributed by atoms with Crippen molar-refractivity contribution in [1.82, 2.24) is 4.98 Å². The van der Waals surface area contributed by atoms with E-state index in [1.807, 2.05) is 0 Å². The zero-order valence-electron chi connectivity index (χ0n) is 7.35. The molecular weight excluding hydrogens is 231 g/mol. The molecule has 0 amide bonds. The normalized spacial score (nSPS) is 10.6. The first-order chi connectivity index (χ1) is 7.35. The average molecular weight is 233 g/mol. The molecule has 0 aliphatic carbocycles. The van der Waals surface area contributed by atoms with Gasteiger partial charge in [-0.25, -0.2) is 0 Å². The quantitative estimate of drug-likeness (QED) is 0.573. The van der Waals surface area contributed by atoms with E-state index < -0.39 is 28.3 Å². The third kappa shape index (κ3) is 2.57. The van der Waals surface area contributed by atoms with Crippen molar-refractivity contribution >= 4 is 5.69 Å². The summed E-state index contributed by atoms with van der Waals surface area (Å²) in [6.07, 6.45) is -3.79. The molecule has 0 aromatic carbocycles. The van der Waals surface area contributed by atoms with E-state index >= 15 is 0 Å². The number of nitrogens with zero attached hydrogens (tertiary/aromatic N) is 3. The Hall–Kier alpha value is -2.37. The minimum atomic E-state index is -5.04. The summed E-state index contributed by atoms with van der Waals surface area (Å²) in [5.74, 6) is -0.996. The molecule has 1 aromatic heterocycles. The van der Waals surface area contributed by atoms with Gasteiger partial charge in [-0.2, -0.15) is 5.26 Å². The molecule has 6 nitrogen and oxygen atoms in total. The van der Waals surface area contributed by atoms with Gasteiger partial charge in [-0.05, 0) is 0 Å². The van der Waals surface area contributed by atoms with Gasteiger partial charge in [0.05, 0.1) is 11.1 Å². The number of halogens is 3. The number of rotatable bonds is 2. The second-order valence-corrected chi connectivity index (χ2v) is 2.45. The summed E-state index contributed by atoms with van der Waals surface area (Å²) in [4.78, 5) is 12.5. The van der Waals surface area contributed by atoms with Crippen LogP contribution in [0.3, 0.4) is 0 Å². The number of aromatic nitrogens is 1. The van der Waals surface area contributed by atoms with Crippen molar-refractivity contribution in [2.45, 2.75) is 6.36 Å². The molecule has 0 aliphatic rings. The van der Waals surface area contributed by atoms with Crippen molar-refractivity contribution in [1.29, 1.82) is 5.26 Å². The standard InChI is InChI=1S/C7H2F3N3O3/c8-7(9,10)16-6-3-12-2-5(13(14)15)4(6)1-11/h2-3H. The number of pyridine rings is 1. The van der Waals surface area contributed by atoms with Gasteiger partial charge in [-0.3, -0.25) is 15.1 Å². The lowest BCUT2D eigenvalue weighted by Gasteiger charge is -2.08. The van der Waals surface area contributed by atoms with Crippen LogP contribution in [-0.2, 0) is 0 Å². The van der Waals surface area contributed by atoms with Gasteiger partial charge in [-0.15, -0.1) is 13.2 Å². The molecule has 0 radical (unpaired) electrons. The predicted molar refractivity (Wildman–Crippen MR) is 42.3 cm³/mol. The number of hydrogen-bond donors (Lipinski definition) is 0. The molecule has 16 heavy (non-hydrogen) atoms. The third-order valence-corrected chi connectivity index (χ3v) is 1.43. The molecule has 0 fully saturated rings. The summed E-state index contributed by atoms with van der Waals surface area (Å²) in [6, 6.07) is 1.26. The van der Waals surface area contributed by atoms with Crippen LogP contribution in [0.5, 0.6) is 5.75 Å². The van der Waals surface area contributed by atoms with E-state index in [4.69, 9.17) is 5.26 Å². The lowest BCUT2D eigenvalue weighted by Crippen LogP contribution is -2.18. The van der Waals surface area contributed by atoms with Crippen LogP contribution >= 0.6 is 0 Å². The van der Waals surface area contributed by atoms with Gasteiger partial charge in [0.15, 0.2) is 11.3 Å². The van der Waals surface area contributed by atoms with Crippen molar-refractivity contribution in [3.05, 3.63) is 28.1 Å². The van der Waals surface area contributed by atoms with Crippen molar-refractivity contribution in [2.75, 3.05) is 0 Å². The second kappa shape index (κ2) is 4.01. The van der Waals surface area contributed by atoms with Crippen LogP contribution in [0.4, 0.5) is 18.9 Å². The summed E-state index contributed by atoms with van der Waals surface area (Å²) in [7, 11) is 0. The minimum absolute atomic E-state index is 0.582.